The number of nitrogens with zero attached hydrogens (tertiary/aromatic N) is 3. The highest BCUT2D eigenvalue weighted by molar-refractivity contribution is 6.05. The molecule has 1 aliphatic rings. The van der Waals surface area contributed by atoms with Crippen molar-refractivity contribution < 1.29 is 0 Å². The number of benzene rings is 9. The first-order chi connectivity index (χ1) is 32.2. The Labute approximate surface area is 379 Å². The molecular formula is C62H41N3. The molecule has 304 valence electrons. The van der Waals surface area contributed by atoms with Crippen LogP contribution in [0.2, 0.25) is 0 Å². The summed E-state index contributed by atoms with van der Waals surface area (Å²) in [6.45, 7) is 0. The van der Waals surface area contributed by atoms with Gasteiger partial charge in [-0.05, 0) is 95.7 Å². The van der Waals surface area contributed by atoms with Crippen LogP contribution < -0.4 is 0 Å². The van der Waals surface area contributed by atoms with Gasteiger partial charge in [0.25, 0.3) is 0 Å². The molecular weight excluding hydrogens is 787 g/mol. The third-order valence-corrected chi connectivity index (χ3v) is 13.1. The normalized spacial score (nSPS) is 12.4. The van der Waals surface area contributed by atoms with Gasteiger partial charge in [-0.2, -0.15) is 0 Å². The first-order valence-electron chi connectivity index (χ1n) is 22.2. The van der Waals surface area contributed by atoms with Crippen LogP contribution in [0.1, 0.15) is 22.3 Å². The van der Waals surface area contributed by atoms with Crippen molar-refractivity contribution in [3.8, 4) is 78.4 Å². The molecule has 3 nitrogen and oxygen atoms in total. The molecule has 0 unspecified atom stereocenters. The molecule has 0 spiro atoms. The van der Waals surface area contributed by atoms with E-state index in [-0.39, 0.29) is 0 Å². The highest BCUT2D eigenvalue weighted by Crippen LogP contribution is 2.58. The van der Waals surface area contributed by atoms with Crippen LogP contribution in [0.4, 0.5) is 0 Å². The van der Waals surface area contributed by atoms with Crippen LogP contribution in [0, 0.1) is 0 Å². The SMILES string of the molecule is c1ccc(-c2nc(-c3ccc(-c4cccnc4)cc3)cc(-c3ccc(-c4cccc(-c5cccc6c5-c5ccccc5C6(c5ccccc5)c5ccccc5)c4)c4ccccc34)n2)cc1. The highest BCUT2D eigenvalue weighted by Gasteiger charge is 2.46. The Hall–Kier alpha value is -8.53. The molecule has 12 rings (SSSR count). The third kappa shape index (κ3) is 6.48. The Kier molecular flexibility index (Phi) is 9.39. The number of hydrogen-bond acceptors (Lipinski definition) is 3. The van der Waals surface area contributed by atoms with Crippen molar-refractivity contribution in [3.63, 3.8) is 0 Å². The van der Waals surface area contributed by atoms with Crippen LogP contribution in [0.15, 0.2) is 249 Å². The van der Waals surface area contributed by atoms with E-state index in [0.29, 0.717) is 5.82 Å². The third-order valence-electron chi connectivity index (χ3n) is 13.1. The van der Waals surface area contributed by atoms with E-state index in [0.717, 1.165) is 50.2 Å². The zero-order valence-corrected chi connectivity index (χ0v) is 35.5. The second kappa shape index (κ2) is 16.0. The van der Waals surface area contributed by atoms with Gasteiger partial charge in [-0.15, -0.1) is 0 Å². The average Bonchev–Trinajstić information content (AvgIpc) is 3.70. The summed E-state index contributed by atoms with van der Waals surface area (Å²) in [5, 5.41) is 2.30. The van der Waals surface area contributed by atoms with Crippen molar-refractivity contribution in [1.82, 2.24) is 15.0 Å². The van der Waals surface area contributed by atoms with E-state index in [1.165, 1.54) is 55.5 Å². The van der Waals surface area contributed by atoms with Crippen molar-refractivity contribution in [2.45, 2.75) is 5.41 Å². The lowest BCUT2D eigenvalue weighted by molar-refractivity contribution is 0.768. The van der Waals surface area contributed by atoms with Gasteiger partial charge in [-0.25, -0.2) is 9.97 Å². The molecule has 3 heteroatoms. The van der Waals surface area contributed by atoms with Gasteiger partial charge in [0.2, 0.25) is 0 Å². The smallest absolute Gasteiger partial charge is 0.160 e. The molecule has 0 N–H and O–H groups in total. The summed E-state index contributed by atoms with van der Waals surface area (Å²) in [5.74, 6) is 0.691. The van der Waals surface area contributed by atoms with Crippen molar-refractivity contribution in [1.29, 1.82) is 0 Å². The summed E-state index contributed by atoms with van der Waals surface area (Å²) in [6, 6.07) is 85.2. The molecule has 0 bridgehead atoms. The molecule has 9 aromatic carbocycles. The van der Waals surface area contributed by atoms with Gasteiger partial charge in [0.05, 0.1) is 16.8 Å². The second-order valence-corrected chi connectivity index (χ2v) is 16.7. The summed E-state index contributed by atoms with van der Waals surface area (Å²) in [4.78, 5) is 14.7. The summed E-state index contributed by atoms with van der Waals surface area (Å²) >= 11 is 0. The van der Waals surface area contributed by atoms with E-state index < -0.39 is 5.41 Å². The van der Waals surface area contributed by atoms with Crippen LogP contribution in [-0.2, 0) is 5.41 Å². The molecule has 2 aromatic heterocycles. The Balaban J connectivity index is 0.988. The largest absolute Gasteiger partial charge is 0.264 e. The van der Waals surface area contributed by atoms with Gasteiger partial charge in [0, 0.05) is 29.1 Å². The zero-order chi connectivity index (χ0) is 43.2. The Bertz CT molecular complexity index is 3470. The number of aromatic nitrogens is 3. The maximum Gasteiger partial charge on any atom is 0.160 e. The predicted octanol–water partition coefficient (Wildman–Crippen LogP) is 15.4. The fraction of sp³-hybridized carbons (Fsp3) is 0.0161. The van der Waals surface area contributed by atoms with E-state index in [9.17, 15) is 0 Å². The van der Waals surface area contributed by atoms with E-state index in [1.54, 1.807) is 6.20 Å². The van der Waals surface area contributed by atoms with Crippen LogP contribution in [-0.4, -0.2) is 15.0 Å². The molecule has 11 aromatic rings. The van der Waals surface area contributed by atoms with Gasteiger partial charge in [-0.3, -0.25) is 4.98 Å². The van der Waals surface area contributed by atoms with E-state index in [2.05, 4.69) is 217 Å². The van der Waals surface area contributed by atoms with Gasteiger partial charge in [0.15, 0.2) is 5.82 Å². The molecule has 65 heavy (non-hydrogen) atoms. The minimum atomic E-state index is -0.460. The fourth-order valence-corrected chi connectivity index (χ4v) is 10.2. The van der Waals surface area contributed by atoms with E-state index in [1.807, 2.05) is 30.5 Å². The Morgan fingerprint density at radius 1 is 0.308 bits per heavy atom. The van der Waals surface area contributed by atoms with E-state index in [4.69, 9.17) is 9.97 Å². The Morgan fingerprint density at radius 3 is 1.57 bits per heavy atom. The van der Waals surface area contributed by atoms with Crippen molar-refractivity contribution in [2.75, 3.05) is 0 Å². The van der Waals surface area contributed by atoms with Gasteiger partial charge in [-0.1, -0.05) is 218 Å². The zero-order valence-electron chi connectivity index (χ0n) is 35.5. The monoisotopic (exact) mass is 827 g/mol. The maximum atomic E-state index is 5.26. The number of pyridine rings is 1. The summed E-state index contributed by atoms with van der Waals surface area (Å²) in [6.07, 6.45) is 3.69. The highest BCUT2D eigenvalue weighted by atomic mass is 14.9. The van der Waals surface area contributed by atoms with Crippen molar-refractivity contribution in [3.05, 3.63) is 271 Å². The quantitative estimate of drug-likeness (QED) is 0.153. The molecule has 2 heterocycles. The first kappa shape index (κ1) is 38.2. The molecule has 0 aliphatic heterocycles. The molecule has 0 amide bonds. The average molecular weight is 828 g/mol. The summed E-state index contributed by atoms with van der Waals surface area (Å²) in [7, 11) is 0. The Morgan fingerprint density at radius 2 is 0.846 bits per heavy atom. The van der Waals surface area contributed by atoms with Gasteiger partial charge in [0.1, 0.15) is 0 Å². The van der Waals surface area contributed by atoms with Crippen LogP contribution in [0.3, 0.4) is 0 Å². The van der Waals surface area contributed by atoms with Gasteiger partial charge < -0.3 is 0 Å². The van der Waals surface area contributed by atoms with Crippen LogP contribution in [0.25, 0.3) is 89.2 Å². The molecule has 0 atom stereocenters. The summed E-state index contributed by atoms with van der Waals surface area (Å²) in [5.41, 5.74) is 19.0. The number of fused-ring (bicyclic) bond motifs is 4. The van der Waals surface area contributed by atoms with E-state index >= 15 is 0 Å². The fourth-order valence-electron chi connectivity index (χ4n) is 10.2. The second-order valence-electron chi connectivity index (χ2n) is 16.7. The predicted molar refractivity (Wildman–Crippen MR) is 267 cm³/mol. The maximum absolute atomic E-state index is 5.26. The molecule has 0 radical (unpaired) electrons. The minimum Gasteiger partial charge on any atom is -0.264 e. The van der Waals surface area contributed by atoms with Crippen LogP contribution >= 0.6 is 0 Å². The molecule has 0 saturated heterocycles. The lowest BCUT2D eigenvalue weighted by atomic mass is 9.67. The van der Waals surface area contributed by atoms with Crippen molar-refractivity contribution in [2.24, 2.45) is 0 Å². The summed E-state index contributed by atoms with van der Waals surface area (Å²) < 4.78 is 0. The van der Waals surface area contributed by atoms with Crippen LogP contribution in [0.5, 0.6) is 0 Å². The topological polar surface area (TPSA) is 38.7 Å². The standard InChI is InChI=1S/C62H41N3/c1-4-17-44(18-5-1)61-64-58(43-34-32-42(33-35-43)47-21-16-38-63-41-47)40-59(65-61)54-37-36-50(52-26-10-11-27-53(52)54)45-19-14-20-46(39-45)51-29-15-31-57-60(51)55-28-12-13-30-56(55)62(57,48-22-6-2-7-23-48)49-24-8-3-9-25-49/h1-41H. The lowest BCUT2D eigenvalue weighted by Gasteiger charge is -2.34. The minimum absolute atomic E-state index is 0.460. The first-order valence-corrected chi connectivity index (χ1v) is 22.2. The molecule has 0 saturated carbocycles. The molecule has 1 aliphatic carbocycles. The number of hydrogen-bond donors (Lipinski definition) is 0. The number of rotatable bonds is 8. The molecule has 0 fully saturated rings. The van der Waals surface area contributed by atoms with Crippen molar-refractivity contribution >= 4 is 10.8 Å². The van der Waals surface area contributed by atoms with Gasteiger partial charge >= 0.3 is 0 Å². The lowest BCUT2D eigenvalue weighted by Crippen LogP contribution is -2.28.